The first-order chi connectivity index (χ1) is 11.4. The summed E-state index contributed by atoms with van der Waals surface area (Å²) in [6, 6.07) is 3.38. The Kier molecular flexibility index (Phi) is 4.34. The number of imide groups is 1. The fraction of sp³-hybridized carbons (Fsp3) is 0.200. The van der Waals surface area contributed by atoms with Gasteiger partial charge in [-0.2, -0.15) is 0 Å². The van der Waals surface area contributed by atoms with Gasteiger partial charge >= 0.3 is 0 Å². The Balaban J connectivity index is 1.67. The summed E-state index contributed by atoms with van der Waals surface area (Å²) in [5.74, 6) is -3.25. The summed E-state index contributed by atoms with van der Waals surface area (Å²) >= 11 is 1.09. The largest absolute Gasteiger partial charge is 0.300 e. The molecule has 1 aliphatic rings. The van der Waals surface area contributed by atoms with Crippen LogP contribution in [0.15, 0.2) is 23.6 Å². The maximum absolute atomic E-state index is 13.2. The second-order valence-electron chi connectivity index (χ2n) is 5.09. The van der Waals surface area contributed by atoms with Crippen LogP contribution in [0.1, 0.15) is 12.8 Å². The predicted octanol–water partition coefficient (Wildman–Crippen LogP) is 2.18. The van der Waals surface area contributed by atoms with Gasteiger partial charge in [-0.25, -0.2) is 13.8 Å². The Hall–Kier alpha value is -2.68. The Morgan fingerprint density at radius 2 is 1.92 bits per heavy atom. The lowest BCUT2D eigenvalue weighted by molar-refractivity contribution is -0.141. The van der Waals surface area contributed by atoms with E-state index >= 15 is 0 Å². The number of nitrogens with zero attached hydrogens (tertiary/aromatic N) is 2. The van der Waals surface area contributed by atoms with E-state index in [1.54, 1.807) is 5.38 Å². The van der Waals surface area contributed by atoms with Gasteiger partial charge in [0, 0.05) is 23.8 Å². The molecule has 2 heterocycles. The fourth-order valence-electron chi connectivity index (χ4n) is 2.22. The summed E-state index contributed by atoms with van der Waals surface area (Å²) in [5, 5.41) is 4.29. The highest BCUT2D eigenvalue weighted by Crippen LogP contribution is 2.26. The van der Waals surface area contributed by atoms with Gasteiger partial charge in [0.25, 0.3) is 0 Å². The Bertz CT molecular complexity index is 821. The number of carbonyl (C=O) groups is 3. The number of hydrogen-bond acceptors (Lipinski definition) is 5. The fourth-order valence-corrected chi connectivity index (χ4v) is 2.96. The molecule has 3 rings (SSSR count). The van der Waals surface area contributed by atoms with E-state index in [9.17, 15) is 23.2 Å². The van der Waals surface area contributed by atoms with Crippen LogP contribution in [-0.2, 0) is 14.4 Å². The van der Waals surface area contributed by atoms with E-state index in [2.05, 4.69) is 10.3 Å². The molecule has 124 valence electrons. The smallest absolute Gasteiger partial charge is 0.246 e. The molecular formula is C15H11F2N3O3S. The Morgan fingerprint density at radius 1 is 1.21 bits per heavy atom. The summed E-state index contributed by atoms with van der Waals surface area (Å²) in [7, 11) is 0. The average Bonchev–Trinajstić information content (AvgIpc) is 3.12. The molecule has 0 saturated carbocycles. The molecule has 24 heavy (non-hydrogen) atoms. The summed E-state index contributed by atoms with van der Waals surface area (Å²) in [6.45, 7) is -0.363. The zero-order valence-corrected chi connectivity index (χ0v) is 13.0. The summed E-state index contributed by atoms with van der Waals surface area (Å²) in [6.07, 6.45) is 0.229. The van der Waals surface area contributed by atoms with Crippen LogP contribution in [0.4, 0.5) is 13.9 Å². The number of thiazole rings is 1. The third-order valence-corrected chi connectivity index (χ3v) is 4.18. The molecular weight excluding hydrogens is 340 g/mol. The molecule has 1 aromatic heterocycles. The molecule has 0 radical (unpaired) electrons. The molecule has 1 saturated heterocycles. The van der Waals surface area contributed by atoms with Crippen LogP contribution in [0.5, 0.6) is 0 Å². The van der Waals surface area contributed by atoms with Crippen molar-refractivity contribution in [2.24, 2.45) is 0 Å². The van der Waals surface area contributed by atoms with Crippen LogP contribution in [0.3, 0.4) is 0 Å². The molecule has 3 amide bonds. The predicted molar refractivity (Wildman–Crippen MR) is 82.0 cm³/mol. The molecule has 0 atom stereocenters. The first kappa shape index (κ1) is 16.2. The Labute approximate surface area is 139 Å². The second kappa shape index (κ2) is 6.44. The number of hydrogen-bond donors (Lipinski definition) is 1. The van der Waals surface area contributed by atoms with Gasteiger partial charge in [-0.3, -0.25) is 19.3 Å². The van der Waals surface area contributed by atoms with Crippen molar-refractivity contribution in [3.05, 3.63) is 35.2 Å². The number of carbonyl (C=O) groups excluding carboxylic acids is 3. The van der Waals surface area contributed by atoms with Crippen molar-refractivity contribution in [3.63, 3.8) is 0 Å². The van der Waals surface area contributed by atoms with E-state index in [0.717, 1.165) is 28.4 Å². The van der Waals surface area contributed by atoms with E-state index in [0.29, 0.717) is 11.3 Å². The number of rotatable bonds is 4. The first-order valence-electron chi connectivity index (χ1n) is 6.98. The van der Waals surface area contributed by atoms with Gasteiger partial charge in [0.1, 0.15) is 6.54 Å². The van der Waals surface area contributed by atoms with Crippen molar-refractivity contribution < 1.29 is 23.2 Å². The van der Waals surface area contributed by atoms with Crippen molar-refractivity contribution >= 4 is 34.2 Å². The number of aromatic nitrogens is 1. The van der Waals surface area contributed by atoms with Crippen molar-refractivity contribution in [2.75, 3.05) is 11.9 Å². The third kappa shape index (κ3) is 3.30. The van der Waals surface area contributed by atoms with E-state index in [4.69, 9.17) is 0 Å². The van der Waals surface area contributed by atoms with E-state index in [-0.39, 0.29) is 36.3 Å². The molecule has 6 nitrogen and oxygen atoms in total. The number of halogens is 2. The highest BCUT2D eigenvalue weighted by molar-refractivity contribution is 7.14. The molecule has 1 aromatic carbocycles. The van der Waals surface area contributed by atoms with Crippen LogP contribution in [-0.4, -0.2) is 34.2 Å². The number of likely N-dealkylation sites (tertiary alicyclic amines) is 1. The maximum Gasteiger partial charge on any atom is 0.246 e. The van der Waals surface area contributed by atoms with Crippen LogP contribution in [0.25, 0.3) is 11.3 Å². The SMILES string of the molecule is O=C(CN1C(=O)CCC1=O)Nc1nc(-c2ccc(F)c(F)c2)cs1. The van der Waals surface area contributed by atoms with Crippen LogP contribution in [0, 0.1) is 11.6 Å². The molecule has 1 N–H and O–H groups in total. The molecule has 2 aromatic rings. The average molecular weight is 351 g/mol. The van der Waals surface area contributed by atoms with Crippen molar-refractivity contribution in [2.45, 2.75) is 12.8 Å². The number of benzene rings is 1. The van der Waals surface area contributed by atoms with Gasteiger partial charge in [0.2, 0.25) is 17.7 Å². The quantitative estimate of drug-likeness (QED) is 0.857. The van der Waals surface area contributed by atoms with Crippen LogP contribution in [0.2, 0.25) is 0 Å². The molecule has 0 unspecified atom stereocenters. The summed E-state index contributed by atoms with van der Waals surface area (Å²) < 4.78 is 26.2. The molecule has 0 aliphatic carbocycles. The first-order valence-corrected chi connectivity index (χ1v) is 7.86. The summed E-state index contributed by atoms with van der Waals surface area (Å²) in [4.78, 5) is 39.9. The van der Waals surface area contributed by atoms with Gasteiger partial charge < -0.3 is 5.32 Å². The lowest BCUT2D eigenvalue weighted by Crippen LogP contribution is -2.36. The highest BCUT2D eigenvalue weighted by atomic mass is 32.1. The van der Waals surface area contributed by atoms with Crippen molar-refractivity contribution in [1.82, 2.24) is 9.88 Å². The minimum atomic E-state index is -0.989. The second-order valence-corrected chi connectivity index (χ2v) is 5.95. The molecule has 1 aliphatic heterocycles. The number of amides is 3. The van der Waals surface area contributed by atoms with Gasteiger partial charge in [0.15, 0.2) is 16.8 Å². The minimum absolute atomic E-state index is 0.115. The topological polar surface area (TPSA) is 79.4 Å². The molecule has 9 heteroatoms. The van der Waals surface area contributed by atoms with E-state index in [1.165, 1.54) is 6.07 Å². The van der Waals surface area contributed by atoms with Crippen LogP contribution < -0.4 is 5.32 Å². The lowest BCUT2D eigenvalue weighted by Gasteiger charge is -2.12. The van der Waals surface area contributed by atoms with Crippen molar-refractivity contribution in [1.29, 1.82) is 0 Å². The van der Waals surface area contributed by atoms with Gasteiger partial charge in [-0.1, -0.05) is 0 Å². The van der Waals surface area contributed by atoms with E-state index in [1.807, 2.05) is 0 Å². The zero-order valence-electron chi connectivity index (χ0n) is 12.2. The van der Waals surface area contributed by atoms with Gasteiger partial charge in [0.05, 0.1) is 5.69 Å². The van der Waals surface area contributed by atoms with E-state index < -0.39 is 17.5 Å². The summed E-state index contributed by atoms with van der Waals surface area (Å²) in [5.41, 5.74) is 0.748. The highest BCUT2D eigenvalue weighted by Gasteiger charge is 2.30. The molecule has 0 spiro atoms. The standard InChI is InChI=1S/C15H11F2N3O3S/c16-9-2-1-8(5-10(9)17)11-7-24-15(18-11)19-12(21)6-20-13(22)3-4-14(20)23/h1-2,5,7H,3-4,6H2,(H,18,19,21). The maximum atomic E-state index is 13.2. The lowest BCUT2D eigenvalue weighted by atomic mass is 10.2. The zero-order chi connectivity index (χ0) is 17.3. The third-order valence-electron chi connectivity index (χ3n) is 3.42. The minimum Gasteiger partial charge on any atom is -0.300 e. The Morgan fingerprint density at radius 3 is 2.58 bits per heavy atom. The molecule has 0 bridgehead atoms. The van der Waals surface area contributed by atoms with Gasteiger partial charge in [-0.05, 0) is 18.2 Å². The molecule has 1 fully saturated rings. The van der Waals surface area contributed by atoms with Crippen molar-refractivity contribution in [3.8, 4) is 11.3 Å². The monoisotopic (exact) mass is 351 g/mol. The van der Waals surface area contributed by atoms with Gasteiger partial charge in [-0.15, -0.1) is 11.3 Å². The van der Waals surface area contributed by atoms with Crippen LogP contribution >= 0.6 is 11.3 Å². The normalized spacial score (nSPS) is 14.3. The number of anilines is 1. The number of nitrogens with one attached hydrogen (secondary N) is 1.